The quantitative estimate of drug-likeness (QED) is 0.226. The van der Waals surface area contributed by atoms with E-state index in [4.69, 9.17) is 14.2 Å². The van der Waals surface area contributed by atoms with E-state index in [2.05, 4.69) is 25.3 Å². The summed E-state index contributed by atoms with van der Waals surface area (Å²) < 4.78 is 16.3. The summed E-state index contributed by atoms with van der Waals surface area (Å²) in [6.45, 7) is 7.55. The fourth-order valence-corrected chi connectivity index (χ4v) is 3.04. The van der Waals surface area contributed by atoms with Crippen molar-refractivity contribution >= 4 is 11.9 Å². The van der Waals surface area contributed by atoms with E-state index >= 15 is 0 Å². The van der Waals surface area contributed by atoms with Crippen molar-refractivity contribution in [2.45, 2.75) is 38.5 Å². The predicted molar refractivity (Wildman–Crippen MR) is 121 cm³/mol. The molecule has 5 heteroatoms. The molecule has 0 saturated heterocycles. The van der Waals surface area contributed by atoms with Crippen molar-refractivity contribution in [1.29, 1.82) is 0 Å². The van der Waals surface area contributed by atoms with Crippen LogP contribution in [-0.2, 0) is 31.9 Å². The lowest BCUT2D eigenvalue weighted by atomic mass is 10.1. The van der Waals surface area contributed by atoms with Crippen LogP contribution in [0, 0.1) is 0 Å². The Bertz CT molecular complexity index is 800. The largest absolute Gasteiger partial charge is 0.463 e. The first-order valence-corrected chi connectivity index (χ1v) is 10.6. The van der Waals surface area contributed by atoms with Crippen molar-refractivity contribution in [2.75, 3.05) is 13.2 Å². The molecule has 5 nitrogen and oxygen atoms in total. The Balaban J connectivity index is 1.89. The first-order valence-electron chi connectivity index (χ1n) is 10.6. The number of carbonyl (C=O) groups excluding carboxylic acids is 2. The Kier molecular flexibility index (Phi) is 10.7. The normalized spacial score (nSPS) is 10.2. The molecule has 0 aliphatic heterocycles. The molecule has 0 fully saturated rings. The Morgan fingerprint density at radius 1 is 0.677 bits per heavy atom. The smallest absolute Gasteiger partial charge is 0.330 e. The summed E-state index contributed by atoms with van der Waals surface area (Å²) in [6, 6.07) is 16.0. The molecule has 0 aliphatic rings. The number of hydrogen-bond acceptors (Lipinski definition) is 5. The highest BCUT2D eigenvalue weighted by Gasteiger charge is 2.09. The third-order valence-corrected chi connectivity index (χ3v) is 4.67. The molecule has 0 amide bonds. The first-order chi connectivity index (χ1) is 15.1. The van der Waals surface area contributed by atoms with Gasteiger partial charge < -0.3 is 14.2 Å². The van der Waals surface area contributed by atoms with Crippen LogP contribution in [0.4, 0.5) is 0 Å². The lowest BCUT2D eigenvalue weighted by Crippen LogP contribution is -2.03. The maximum atomic E-state index is 11.1. The third-order valence-electron chi connectivity index (χ3n) is 4.67. The first kappa shape index (κ1) is 23.9. The number of benzene rings is 2. The fraction of sp³-hybridized carbons (Fsp3) is 0.308. The lowest BCUT2D eigenvalue weighted by Gasteiger charge is -2.14. The number of para-hydroxylation sites is 2. The lowest BCUT2D eigenvalue weighted by molar-refractivity contribution is -0.138. The van der Waals surface area contributed by atoms with E-state index < -0.39 is 0 Å². The van der Waals surface area contributed by atoms with Crippen LogP contribution < -0.4 is 4.74 Å². The van der Waals surface area contributed by atoms with Crippen molar-refractivity contribution in [3.8, 4) is 11.5 Å². The molecule has 0 atom stereocenters. The molecule has 0 heterocycles. The number of rotatable bonds is 14. The summed E-state index contributed by atoms with van der Waals surface area (Å²) in [5, 5.41) is 0. The van der Waals surface area contributed by atoms with Crippen molar-refractivity contribution in [1.82, 2.24) is 0 Å². The fourth-order valence-electron chi connectivity index (χ4n) is 3.04. The van der Waals surface area contributed by atoms with E-state index in [-0.39, 0.29) is 11.9 Å². The Labute approximate surface area is 184 Å². The zero-order valence-electron chi connectivity index (χ0n) is 17.9. The molecule has 2 rings (SSSR count). The van der Waals surface area contributed by atoms with E-state index in [0.717, 1.165) is 61.2 Å². The Hall–Kier alpha value is -3.34. The van der Waals surface area contributed by atoms with Crippen molar-refractivity contribution in [2.24, 2.45) is 0 Å². The number of carbonyl (C=O) groups is 2. The van der Waals surface area contributed by atoms with Gasteiger partial charge in [-0.2, -0.15) is 0 Å². The maximum Gasteiger partial charge on any atom is 0.330 e. The zero-order chi connectivity index (χ0) is 22.3. The van der Waals surface area contributed by atoms with Crippen LogP contribution in [0.5, 0.6) is 11.5 Å². The molecule has 2 aromatic rings. The van der Waals surface area contributed by atoms with Gasteiger partial charge >= 0.3 is 11.9 Å². The minimum absolute atomic E-state index is 0.388. The average molecular weight is 423 g/mol. The molecular weight excluding hydrogens is 392 g/mol. The molecule has 0 bridgehead atoms. The van der Waals surface area contributed by atoms with Crippen molar-refractivity contribution < 1.29 is 23.8 Å². The van der Waals surface area contributed by atoms with Gasteiger partial charge in [-0.3, -0.25) is 0 Å². The van der Waals surface area contributed by atoms with Gasteiger partial charge in [-0.05, 0) is 61.8 Å². The standard InChI is InChI=1S/C26H30O5/c1-3-25(27)29-19-11-9-15-21-13-5-7-17-23(21)31-24-18-8-6-14-22(24)16-10-12-20-30-26(28)4-2/h3-8,13-14,17-18H,1-2,9-12,15-16,19-20H2. The topological polar surface area (TPSA) is 61.8 Å². The van der Waals surface area contributed by atoms with E-state index in [0.29, 0.717) is 13.2 Å². The van der Waals surface area contributed by atoms with E-state index in [1.165, 1.54) is 12.2 Å². The summed E-state index contributed by atoms with van der Waals surface area (Å²) in [6.07, 6.45) is 7.34. The summed E-state index contributed by atoms with van der Waals surface area (Å²) in [4.78, 5) is 22.2. The second-order valence-electron chi connectivity index (χ2n) is 6.97. The molecule has 0 aliphatic carbocycles. The second-order valence-corrected chi connectivity index (χ2v) is 6.97. The predicted octanol–water partition coefficient (Wildman–Crippen LogP) is 5.58. The van der Waals surface area contributed by atoms with Gasteiger partial charge in [-0.1, -0.05) is 49.6 Å². The van der Waals surface area contributed by atoms with Crippen LogP contribution >= 0.6 is 0 Å². The highest BCUT2D eigenvalue weighted by Crippen LogP contribution is 2.29. The molecule has 164 valence electrons. The number of aryl methyl sites for hydroxylation is 2. The maximum absolute atomic E-state index is 11.1. The van der Waals surface area contributed by atoms with Gasteiger partial charge in [-0.15, -0.1) is 0 Å². The van der Waals surface area contributed by atoms with Gasteiger partial charge in [0.1, 0.15) is 11.5 Å². The average Bonchev–Trinajstić information content (AvgIpc) is 2.80. The SMILES string of the molecule is C=CC(=O)OCCCCc1ccccc1Oc1ccccc1CCCCOC(=O)C=C. The molecule has 0 unspecified atom stereocenters. The minimum atomic E-state index is -0.390. The highest BCUT2D eigenvalue weighted by atomic mass is 16.5. The Morgan fingerprint density at radius 3 is 1.52 bits per heavy atom. The van der Waals surface area contributed by atoms with Crippen LogP contribution in [0.15, 0.2) is 73.8 Å². The summed E-state index contributed by atoms with van der Waals surface area (Å²) in [5.74, 6) is 0.884. The van der Waals surface area contributed by atoms with Gasteiger partial charge in [0.05, 0.1) is 13.2 Å². The molecule has 0 N–H and O–H groups in total. The van der Waals surface area contributed by atoms with Gasteiger partial charge in [0, 0.05) is 12.2 Å². The zero-order valence-corrected chi connectivity index (χ0v) is 17.9. The van der Waals surface area contributed by atoms with Crippen molar-refractivity contribution in [3.63, 3.8) is 0 Å². The van der Waals surface area contributed by atoms with Crippen LogP contribution in [0.1, 0.15) is 36.8 Å². The van der Waals surface area contributed by atoms with E-state index in [1.54, 1.807) is 0 Å². The summed E-state index contributed by atoms with van der Waals surface area (Å²) in [5.41, 5.74) is 2.23. The molecule has 0 aromatic heterocycles. The molecule has 0 saturated carbocycles. The number of esters is 2. The molecule has 0 spiro atoms. The highest BCUT2D eigenvalue weighted by molar-refractivity contribution is 5.81. The monoisotopic (exact) mass is 422 g/mol. The van der Waals surface area contributed by atoms with E-state index in [1.807, 2.05) is 36.4 Å². The Morgan fingerprint density at radius 2 is 1.10 bits per heavy atom. The van der Waals surface area contributed by atoms with Gasteiger partial charge in [0.2, 0.25) is 0 Å². The summed E-state index contributed by atoms with van der Waals surface area (Å²) in [7, 11) is 0. The summed E-state index contributed by atoms with van der Waals surface area (Å²) >= 11 is 0. The van der Waals surface area contributed by atoms with Crippen LogP contribution in [0.2, 0.25) is 0 Å². The molecule has 0 radical (unpaired) electrons. The number of ether oxygens (including phenoxy) is 3. The number of unbranched alkanes of at least 4 members (excludes halogenated alkanes) is 2. The van der Waals surface area contributed by atoms with Crippen LogP contribution in [0.25, 0.3) is 0 Å². The van der Waals surface area contributed by atoms with Crippen molar-refractivity contribution in [3.05, 3.63) is 85.0 Å². The van der Waals surface area contributed by atoms with Crippen LogP contribution in [-0.4, -0.2) is 25.2 Å². The van der Waals surface area contributed by atoms with Crippen LogP contribution in [0.3, 0.4) is 0 Å². The molecular formula is C26H30O5. The molecule has 2 aromatic carbocycles. The third kappa shape index (κ3) is 8.91. The second kappa shape index (κ2) is 13.8. The van der Waals surface area contributed by atoms with Gasteiger partial charge in [0.25, 0.3) is 0 Å². The van der Waals surface area contributed by atoms with Gasteiger partial charge in [-0.25, -0.2) is 9.59 Å². The minimum Gasteiger partial charge on any atom is -0.463 e. The number of hydrogen-bond donors (Lipinski definition) is 0. The van der Waals surface area contributed by atoms with E-state index in [9.17, 15) is 9.59 Å². The molecule has 31 heavy (non-hydrogen) atoms. The van der Waals surface area contributed by atoms with Gasteiger partial charge in [0.15, 0.2) is 0 Å².